The summed E-state index contributed by atoms with van der Waals surface area (Å²) in [6, 6.07) is 20.0. The maximum absolute atomic E-state index is 12.1. The van der Waals surface area contributed by atoms with Crippen molar-refractivity contribution in [1.82, 2.24) is 5.43 Å². The first-order valence-corrected chi connectivity index (χ1v) is 9.99. The number of amides is 1. The van der Waals surface area contributed by atoms with E-state index in [9.17, 15) is 4.79 Å². The summed E-state index contributed by atoms with van der Waals surface area (Å²) in [4.78, 5) is 14.5. The fourth-order valence-corrected chi connectivity index (χ4v) is 3.75. The first-order valence-electron chi connectivity index (χ1n) is 9.99. The van der Waals surface area contributed by atoms with Crippen molar-refractivity contribution in [2.45, 2.75) is 19.8 Å². The largest absolute Gasteiger partial charge is 0.483 e. The number of carbonyl (C=O) groups is 1. The van der Waals surface area contributed by atoms with Crippen LogP contribution in [0.5, 0.6) is 5.75 Å². The van der Waals surface area contributed by atoms with E-state index in [1.54, 1.807) is 6.21 Å². The fraction of sp³-hybridized carbons (Fsp3) is 0.250. The van der Waals surface area contributed by atoms with Crippen LogP contribution < -0.4 is 15.1 Å². The second kappa shape index (κ2) is 8.78. The van der Waals surface area contributed by atoms with E-state index in [4.69, 9.17) is 4.74 Å². The van der Waals surface area contributed by atoms with Gasteiger partial charge < -0.3 is 9.64 Å². The van der Waals surface area contributed by atoms with Gasteiger partial charge in [0.25, 0.3) is 5.91 Å². The number of hydrogen-bond acceptors (Lipinski definition) is 4. The van der Waals surface area contributed by atoms with Crippen LogP contribution in [-0.4, -0.2) is 31.8 Å². The van der Waals surface area contributed by atoms with E-state index in [-0.39, 0.29) is 12.5 Å². The normalized spacial score (nSPS) is 13.9. The van der Waals surface area contributed by atoms with Gasteiger partial charge in [-0.05, 0) is 54.5 Å². The van der Waals surface area contributed by atoms with Crippen molar-refractivity contribution in [1.29, 1.82) is 0 Å². The second-order valence-corrected chi connectivity index (χ2v) is 7.30. The zero-order valence-electron chi connectivity index (χ0n) is 16.6. The lowest BCUT2D eigenvalue weighted by Gasteiger charge is -2.20. The van der Waals surface area contributed by atoms with E-state index in [0.717, 1.165) is 29.4 Å². The van der Waals surface area contributed by atoms with Gasteiger partial charge in [-0.1, -0.05) is 42.5 Å². The molecule has 0 radical (unpaired) electrons. The summed E-state index contributed by atoms with van der Waals surface area (Å²) in [5, 5.41) is 6.13. The summed E-state index contributed by atoms with van der Waals surface area (Å²) in [7, 11) is 0. The number of nitrogens with one attached hydrogen (secondary N) is 1. The van der Waals surface area contributed by atoms with Crippen LogP contribution in [0.3, 0.4) is 0 Å². The smallest absolute Gasteiger partial charge is 0.277 e. The molecule has 3 aromatic carbocycles. The van der Waals surface area contributed by atoms with Gasteiger partial charge in [0, 0.05) is 24.2 Å². The van der Waals surface area contributed by atoms with Gasteiger partial charge in [-0.25, -0.2) is 5.43 Å². The molecule has 5 heteroatoms. The number of rotatable bonds is 6. The number of ether oxygens (including phenoxy) is 1. The molecule has 0 saturated carbocycles. The quantitative estimate of drug-likeness (QED) is 0.507. The summed E-state index contributed by atoms with van der Waals surface area (Å²) in [5.74, 6) is 0.398. The second-order valence-electron chi connectivity index (χ2n) is 7.30. The molecule has 0 aromatic heterocycles. The third-order valence-electron chi connectivity index (χ3n) is 5.18. The number of aryl methyl sites for hydroxylation is 1. The Morgan fingerprint density at radius 3 is 2.72 bits per heavy atom. The Balaban J connectivity index is 1.32. The SMILES string of the molecule is Cc1cc(/C=N/NC(=O)COc2cccc3ccccc23)ccc1N1CCCC1. The molecule has 1 heterocycles. The van der Waals surface area contributed by atoms with Crippen LogP contribution in [0.15, 0.2) is 65.8 Å². The van der Waals surface area contributed by atoms with Crippen LogP contribution in [0, 0.1) is 6.92 Å². The minimum Gasteiger partial charge on any atom is -0.483 e. The fourth-order valence-electron chi connectivity index (χ4n) is 3.75. The Bertz CT molecular complexity index is 1030. The molecule has 1 saturated heterocycles. The van der Waals surface area contributed by atoms with Crippen molar-refractivity contribution < 1.29 is 9.53 Å². The number of carbonyl (C=O) groups excluding carboxylic acids is 1. The minimum absolute atomic E-state index is 0.0850. The molecule has 1 aliphatic rings. The molecule has 29 heavy (non-hydrogen) atoms. The van der Waals surface area contributed by atoms with Gasteiger partial charge in [-0.2, -0.15) is 5.10 Å². The van der Waals surface area contributed by atoms with Gasteiger partial charge >= 0.3 is 0 Å². The summed E-state index contributed by atoms with van der Waals surface area (Å²) < 4.78 is 5.68. The Morgan fingerprint density at radius 1 is 1.10 bits per heavy atom. The highest BCUT2D eigenvalue weighted by molar-refractivity contribution is 5.89. The number of anilines is 1. The van der Waals surface area contributed by atoms with Gasteiger partial charge in [-0.15, -0.1) is 0 Å². The summed E-state index contributed by atoms with van der Waals surface area (Å²) in [6.45, 7) is 4.28. The van der Waals surface area contributed by atoms with Crippen molar-refractivity contribution >= 4 is 28.6 Å². The lowest BCUT2D eigenvalue weighted by Crippen LogP contribution is -2.24. The number of fused-ring (bicyclic) bond motifs is 1. The van der Waals surface area contributed by atoms with Crippen LogP contribution in [0.4, 0.5) is 5.69 Å². The highest BCUT2D eigenvalue weighted by Crippen LogP contribution is 2.25. The average molecular weight is 387 g/mol. The van der Waals surface area contributed by atoms with Gasteiger partial charge in [0.05, 0.1) is 6.21 Å². The number of hydrogen-bond donors (Lipinski definition) is 1. The summed E-state index contributed by atoms with van der Waals surface area (Å²) in [6.07, 6.45) is 4.18. The van der Waals surface area contributed by atoms with Crippen molar-refractivity contribution in [2.24, 2.45) is 5.10 Å². The first-order chi connectivity index (χ1) is 14.2. The molecule has 1 amide bonds. The van der Waals surface area contributed by atoms with Crippen molar-refractivity contribution in [2.75, 3.05) is 24.6 Å². The van der Waals surface area contributed by atoms with Gasteiger partial charge in [-0.3, -0.25) is 4.79 Å². The molecule has 148 valence electrons. The zero-order chi connectivity index (χ0) is 20.1. The summed E-state index contributed by atoms with van der Waals surface area (Å²) in [5.41, 5.74) is 6.00. The maximum Gasteiger partial charge on any atom is 0.277 e. The van der Waals surface area contributed by atoms with E-state index in [2.05, 4.69) is 34.5 Å². The van der Waals surface area contributed by atoms with Crippen LogP contribution in [0.2, 0.25) is 0 Å². The molecule has 0 atom stereocenters. The van der Waals surface area contributed by atoms with Crippen molar-refractivity contribution in [3.63, 3.8) is 0 Å². The highest BCUT2D eigenvalue weighted by atomic mass is 16.5. The van der Waals surface area contributed by atoms with Gasteiger partial charge in [0.15, 0.2) is 6.61 Å². The van der Waals surface area contributed by atoms with Crippen LogP contribution >= 0.6 is 0 Å². The lowest BCUT2D eigenvalue weighted by molar-refractivity contribution is -0.123. The number of benzene rings is 3. The first kappa shape index (κ1) is 19.0. The Kier molecular flexibility index (Phi) is 5.75. The Morgan fingerprint density at radius 2 is 1.90 bits per heavy atom. The molecular formula is C24H25N3O2. The number of nitrogens with zero attached hydrogens (tertiary/aromatic N) is 2. The molecule has 0 aliphatic carbocycles. The minimum atomic E-state index is -0.292. The molecule has 1 fully saturated rings. The molecule has 0 bridgehead atoms. The molecule has 5 nitrogen and oxygen atoms in total. The topological polar surface area (TPSA) is 53.9 Å². The van der Waals surface area contributed by atoms with Crippen LogP contribution in [-0.2, 0) is 4.79 Å². The third kappa shape index (κ3) is 4.57. The maximum atomic E-state index is 12.1. The number of hydrazone groups is 1. The third-order valence-corrected chi connectivity index (χ3v) is 5.18. The van der Waals surface area contributed by atoms with Crippen LogP contribution in [0.1, 0.15) is 24.0 Å². The summed E-state index contributed by atoms with van der Waals surface area (Å²) >= 11 is 0. The van der Waals surface area contributed by atoms with Gasteiger partial charge in [0.2, 0.25) is 0 Å². The molecule has 1 N–H and O–H groups in total. The Hall–Kier alpha value is -3.34. The molecule has 1 aliphatic heterocycles. The molecule has 3 aromatic rings. The lowest BCUT2D eigenvalue weighted by atomic mass is 10.1. The monoisotopic (exact) mass is 387 g/mol. The van der Waals surface area contributed by atoms with E-state index in [1.165, 1.54) is 24.1 Å². The van der Waals surface area contributed by atoms with Crippen LogP contribution in [0.25, 0.3) is 10.8 Å². The molecule has 4 rings (SSSR count). The highest BCUT2D eigenvalue weighted by Gasteiger charge is 2.14. The predicted octanol–water partition coefficient (Wildman–Crippen LogP) is 4.28. The predicted molar refractivity (Wildman–Crippen MR) is 118 cm³/mol. The van der Waals surface area contributed by atoms with Gasteiger partial charge in [0.1, 0.15) is 5.75 Å². The van der Waals surface area contributed by atoms with Crippen molar-refractivity contribution in [3.05, 3.63) is 71.8 Å². The standard InChI is InChI=1S/C24H25N3O2/c1-18-15-19(11-12-22(18)27-13-4-5-14-27)16-25-26-24(28)17-29-23-10-6-8-20-7-2-3-9-21(20)23/h2-3,6-12,15-16H,4-5,13-14,17H2,1H3,(H,26,28)/b25-16+. The molecule has 0 unspecified atom stereocenters. The Labute approximate surface area is 171 Å². The van der Waals surface area contributed by atoms with E-state index >= 15 is 0 Å². The van der Waals surface area contributed by atoms with E-state index in [1.807, 2.05) is 48.5 Å². The van der Waals surface area contributed by atoms with Crippen molar-refractivity contribution in [3.8, 4) is 5.75 Å². The average Bonchev–Trinajstić information content (AvgIpc) is 3.27. The molecule has 0 spiro atoms. The molecular weight excluding hydrogens is 362 g/mol. The van der Waals surface area contributed by atoms with E-state index < -0.39 is 0 Å². The van der Waals surface area contributed by atoms with E-state index in [0.29, 0.717) is 5.75 Å². The zero-order valence-corrected chi connectivity index (χ0v) is 16.6.